The van der Waals surface area contributed by atoms with Crippen LogP contribution in [-0.2, 0) is 46.2 Å². The summed E-state index contributed by atoms with van der Waals surface area (Å²) >= 11 is 0. The lowest BCUT2D eigenvalue weighted by atomic mass is 9.97. The number of carbonyl (C=O) groups excluding carboxylic acids is 6. The minimum Gasteiger partial charge on any atom is -0.462 e. The molecule has 0 unspecified atom stereocenters. The summed E-state index contributed by atoms with van der Waals surface area (Å²) in [7, 11) is 0. The normalized spacial score (nSPS) is 17.9. The quantitative estimate of drug-likeness (QED) is 0.0352. The molecule has 2 saturated carbocycles. The number of pyridine rings is 2. The van der Waals surface area contributed by atoms with Gasteiger partial charge >= 0.3 is 36.4 Å². The second-order valence-corrected chi connectivity index (χ2v) is 26.7. The molecule has 92 heavy (non-hydrogen) atoms. The summed E-state index contributed by atoms with van der Waals surface area (Å²) in [6, 6.07) is 10.7. The summed E-state index contributed by atoms with van der Waals surface area (Å²) in [4.78, 5) is 102. The van der Waals surface area contributed by atoms with Gasteiger partial charge in [0.2, 0.25) is 10.9 Å². The Morgan fingerprint density at radius 2 is 1.07 bits per heavy atom. The van der Waals surface area contributed by atoms with Crippen molar-refractivity contribution in [1.29, 1.82) is 0 Å². The predicted octanol–water partition coefficient (Wildman–Crippen LogP) is 14.2. The molecule has 2 aliphatic carbocycles. The van der Waals surface area contributed by atoms with E-state index in [0.29, 0.717) is 43.8 Å². The van der Waals surface area contributed by atoms with Gasteiger partial charge in [-0.25, -0.2) is 46.3 Å². The van der Waals surface area contributed by atoms with Gasteiger partial charge in [-0.3, -0.25) is 9.59 Å². The van der Waals surface area contributed by atoms with E-state index in [-0.39, 0.29) is 107 Å². The molecule has 4 fully saturated rings. The van der Waals surface area contributed by atoms with Crippen molar-refractivity contribution in [3.63, 3.8) is 0 Å². The van der Waals surface area contributed by atoms with E-state index < -0.39 is 81.3 Å². The molecule has 0 spiro atoms. The third-order valence-electron chi connectivity index (χ3n) is 15.2. The van der Waals surface area contributed by atoms with E-state index in [2.05, 4.69) is 23.5 Å². The molecule has 23 heteroatoms. The molecule has 4 atom stereocenters. The first-order chi connectivity index (χ1) is 43.2. The van der Waals surface area contributed by atoms with Crippen molar-refractivity contribution in [3.05, 3.63) is 126 Å². The zero-order valence-electron chi connectivity index (χ0n) is 54.7. The van der Waals surface area contributed by atoms with Crippen molar-refractivity contribution in [1.82, 2.24) is 18.9 Å². The van der Waals surface area contributed by atoms with Crippen molar-refractivity contribution < 1.29 is 79.5 Å². The summed E-state index contributed by atoms with van der Waals surface area (Å²) in [5, 5.41) is -0.141. The average molecular weight is 1290 g/mol. The Bertz CT molecular complexity index is 3730. The van der Waals surface area contributed by atoms with Crippen LogP contribution in [0.5, 0.6) is 0 Å². The Hall–Kier alpha value is -8.42. The van der Waals surface area contributed by atoms with Crippen LogP contribution in [-0.4, -0.2) is 111 Å². The molecular weight excluding hydrogens is 1200 g/mol. The number of amides is 2. The van der Waals surface area contributed by atoms with Crippen LogP contribution in [0.1, 0.15) is 197 Å². The summed E-state index contributed by atoms with van der Waals surface area (Å²) < 4.78 is 98.1. The standard InChI is InChI=1S/C31H30F2N2O5.C28H36F2N2O5.C10H18O5/c1-3-39-30(37)25-17-34(21-12-13-21)28-23(27(33)26(32)15-24(28)29(25)36)11-7-10-22-14-19(2)16-35(22)31(38)40-18-20-8-5-4-6-9-20;1-6-36-26(34)21-15-31(17-10-11-17)24-19(23(30)22(29)13-20(24)25(21)33)9-7-8-18-12-16(2)14-32(18)27(35)37-28(3,4)5;1-9(2,3)14-7(11)13-8(12)15-10(4,5)6/h4-6,8-9,15,17,19,21-22H,3,10,12-14,16,18H2,1-2H3;13,15-18H,6-12,14H2,1-5H3;1-6H3/t19-,22-;16-,18-;/m11./s1. The van der Waals surface area contributed by atoms with Gasteiger partial charge in [-0.05, 0) is 163 Å². The van der Waals surface area contributed by atoms with Crippen LogP contribution < -0.4 is 10.9 Å². The second-order valence-electron chi connectivity index (χ2n) is 26.7. The highest BCUT2D eigenvalue weighted by atomic mass is 19.2. The Morgan fingerprint density at radius 3 is 1.55 bits per heavy atom. The average Bonchev–Trinajstić information content (AvgIpc) is 1.29. The van der Waals surface area contributed by atoms with Gasteiger partial charge in [0.1, 0.15) is 34.5 Å². The van der Waals surface area contributed by atoms with E-state index >= 15 is 8.78 Å². The highest BCUT2D eigenvalue weighted by Gasteiger charge is 2.38. The third kappa shape index (κ3) is 18.9. The summed E-state index contributed by atoms with van der Waals surface area (Å²) in [6.45, 7) is 24.3. The molecule has 2 aromatic heterocycles. The number of aryl methyl sites for hydroxylation is 1. The van der Waals surface area contributed by atoms with E-state index in [9.17, 15) is 47.1 Å². The molecule has 0 bridgehead atoms. The number of halogens is 4. The fourth-order valence-corrected chi connectivity index (χ4v) is 11.1. The van der Waals surface area contributed by atoms with Gasteiger partial charge in [0.15, 0.2) is 23.3 Å². The van der Waals surface area contributed by atoms with E-state index in [1.807, 2.05) is 58.0 Å². The number of benzene rings is 3. The van der Waals surface area contributed by atoms with E-state index in [1.54, 1.807) is 74.3 Å². The minimum atomic E-state index is -1.22. The molecule has 0 N–H and O–H groups in total. The molecule has 4 heterocycles. The van der Waals surface area contributed by atoms with Gasteiger partial charge in [0.25, 0.3) is 0 Å². The Morgan fingerprint density at radius 1 is 0.598 bits per heavy atom. The number of fused-ring (bicyclic) bond motifs is 2. The van der Waals surface area contributed by atoms with Crippen molar-refractivity contribution in [3.8, 4) is 11.8 Å². The van der Waals surface area contributed by atoms with Gasteiger partial charge in [-0.1, -0.05) is 56.0 Å². The molecule has 4 aliphatic rings. The number of hydrogen-bond acceptors (Lipinski definition) is 15. The van der Waals surface area contributed by atoms with Crippen LogP contribution in [0.15, 0.2) is 64.4 Å². The minimum absolute atomic E-state index is 0.0122. The van der Waals surface area contributed by atoms with Crippen molar-refractivity contribution in [2.24, 2.45) is 11.8 Å². The van der Waals surface area contributed by atoms with Gasteiger partial charge in [-0.15, -0.1) is 0 Å². The molecule has 3 aromatic carbocycles. The lowest BCUT2D eigenvalue weighted by Crippen LogP contribution is -2.40. The van der Waals surface area contributed by atoms with Gasteiger partial charge in [-0.2, -0.15) is 0 Å². The maximum absolute atomic E-state index is 15.2. The first-order valence-electron chi connectivity index (χ1n) is 31.2. The molecule has 2 aliphatic heterocycles. The Balaban J connectivity index is 0.000000215. The fourth-order valence-electron chi connectivity index (χ4n) is 11.1. The third-order valence-corrected chi connectivity index (χ3v) is 15.2. The van der Waals surface area contributed by atoms with E-state index in [1.165, 1.54) is 12.4 Å². The zero-order valence-corrected chi connectivity index (χ0v) is 54.7. The van der Waals surface area contributed by atoms with Gasteiger partial charge in [0.05, 0.1) is 35.2 Å². The molecule has 2 amide bonds. The van der Waals surface area contributed by atoms with Crippen molar-refractivity contribution in [2.75, 3.05) is 26.3 Å². The number of likely N-dealkylation sites (tertiary alicyclic amines) is 2. The van der Waals surface area contributed by atoms with E-state index in [4.69, 9.17) is 28.4 Å². The Labute approximate surface area is 532 Å². The molecule has 0 radical (unpaired) electrons. The summed E-state index contributed by atoms with van der Waals surface area (Å²) in [5.74, 6) is 0.175. The lowest BCUT2D eigenvalue weighted by molar-refractivity contribution is -0.0295. The molecule has 9 rings (SSSR count). The van der Waals surface area contributed by atoms with Crippen LogP contribution in [0.4, 0.5) is 36.7 Å². The smallest absolute Gasteiger partial charge is 0.462 e. The second kappa shape index (κ2) is 29.9. The van der Waals surface area contributed by atoms with Crippen LogP contribution >= 0.6 is 0 Å². The monoisotopic (exact) mass is 1280 g/mol. The summed E-state index contributed by atoms with van der Waals surface area (Å²) in [6.07, 6.45) is 6.05. The number of esters is 2. The number of rotatable bonds is 13. The highest BCUT2D eigenvalue weighted by Crippen LogP contribution is 2.41. The van der Waals surface area contributed by atoms with Crippen molar-refractivity contribution >= 4 is 58.2 Å². The molecular formula is C69H84F4N4O15. The van der Waals surface area contributed by atoms with Crippen LogP contribution in [0.25, 0.3) is 21.8 Å². The predicted molar refractivity (Wildman–Crippen MR) is 334 cm³/mol. The molecule has 5 aromatic rings. The fraction of sp³-hybridized carbons (Fsp3) is 0.536. The topological polar surface area (TPSA) is 218 Å². The first-order valence-corrected chi connectivity index (χ1v) is 31.2. The molecule has 498 valence electrons. The van der Waals surface area contributed by atoms with Crippen molar-refractivity contribution in [2.45, 2.75) is 202 Å². The highest BCUT2D eigenvalue weighted by molar-refractivity contribution is 5.96. The number of ether oxygens (including phenoxy) is 7. The Kier molecular flexibility index (Phi) is 23.1. The van der Waals surface area contributed by atoms with Gasteiger partial charge in [0, 0.05) is 67.0 Å². The number of nitrogens with zero attached hydrogens (tertiary/aromatic N) is 4. The zero-order chi connectivity index (χ0) is 67.7. The maximum atomic E-state index is 15.2. The van der Waals surface area contributed by atoms with Crippen LogP contribution in [0.2, 0.25) is 0 Å². The first kappa shape index (κ1) is 71.0. The largest absolute Gasteiger partial charge is 0.519 e. The molecule has 2 saturated heterocycles. The lowest BCUT2D eigenvalue weighted by Gasteiger charge is -2.28. The SMILES string of the molecule is CC(C)(C)OC(=O)OC(=O)OC(C)(C)C.CCOC(=O)c1cn(C2CC2)c2c(C#CC[C@@H]3C[C@@H](C)CN3C(=O)OCc3ccccc3)c(F)c(F)cc2c1=O.CCOC(=O)c1cn(C2CC2)c2c(CCC[C@@H]3C[C@@H](C)CN3C(=O)OC(C)(C)C)c(F)c(F)cc2c1=O. The van der Waals surface area contributed by atoms with E-state index in [0.717, 1.165) is 49.8 Å². The van der Waals surface area contributed by atoms with Crippen LogP contribution in [0, 0.1) is 46.9 Å². The number of hydrogen-bond donors (Lipinski definition) is 0. The number of carbonyl (C=O) groups is 6. The van der Waals surface area contributed by atoms with Crippen LogP contribution in [0.3, 0.4) is 0 Å². The maximum Gasteiger partial charge on any atom is 0.519 e. The molecule has 19 nitrogen and oxygen atoms in total. The number of aromatic nitrogens is 2. The summed E-state index contributed by atoms with van der Waals surface area (Å²) in [5.41, 5.74) is -2.53. The van der Waals surface area contributed by atoms with Gasteiger partial charge < -0.3 is 52.1 Å².